The first-order chi connectivity index (χ1) is 22.0. The van der Waals surface area contributed by atoms with Crippen molar-refractivity contribution >= 4 is 60.5 Å². The van der Waals surface area contributed by atoms with Crippen molar-refractivity contribution in [1.29, 1.82) is 0 Å². The van der Waals surface area contributed by atoms with E-state index < -0.39 is 10.0 Å². The quantitative estimate of drug-likeness (QED) is 0.282. The minimum absolute atomic E-state index is 0.354. The second kappa shape index (κ2) is 14.6. The monoisotopic (exact) mass is 716 g/mol. The van der Waals surface area contributed by atoms with Crippen molar-refractivity contribution in [1.82, 2.24) is 19.8 Å². The summed E-state index contributed by atoms with van der Waals surface area (Å²) in [5.41, 5.74) is 4.07. The zero-order valence-electron chi connectivity index (χ0n) is 27.5. The molecule has 2 saturated heterocycles. The lowest BCUT2D eigenvalue weighted by Gasteiger charge is -2.43. The highest BCUT2D eigenvalue weighted by Gasteiger charge is 2.28. The van der Waals surface area contributed by atoms with Gasteiger partial charge in [-0.1, -0.05) is 13.0 Å². The zero-order chi connectivity index (χ0) is 33.0. The first-order valence-corrected chi connectivity index (χ1v) is 18.2. The lowest BCUT2D eigenvalue weighted by atomic mass is 9.99. The minimum atomic E-state index is -3.56. The van der Waals surface area contributed by atoms with E-state index in [4.69, 9.17) is 14.5 Å². The number of piperidine rings is 1. The summed E-state index contributed by atoms with van der Waals surface area (Å²) in [6, 6.07) is 10.2. The fraction of sp³-hybridized carbons (Fsp3) is 0.500. The van der Waals surface area contributed by atoms with Crippen LogP contribution < -0.4 is 29.3 Å². The van der Waals surface area contributed by atoms with Gasteiger partial charge in [-0.3, -0.25) is 9.21 Å². The predicted molar refractivity (Wildman–Crippen MR) is 189 cm³/mol. The van der Waals surface area contributed by atoms with Gasteiger partial charge >= 0.3 is 0 Å². The number of anilines is 6. The number of para-hydroxylation sites is 1. The highest BCUT2D eigenvalue weighted by atomic mass is 79.9. The molecule has 2 fully saturated rings. The van der Waals surface area contributed by atoms with Gasteiger partial charge in [-0.25, -0.2) is 13.4 Å². The van der Waals surface area contributed by atoms with Crippen LogP contribution in [0, 0.1) is 0 Å². The normalized spacial score (nSPS) is 16.7. The number of aryl methyl sites for hydroxylation is 1. The van der Waals surface area contributed by atoms with E-state index in [1.165, 1.54) is 29.7 Å². The van der Waals surface area contributed by atoms with Crippen molar-refractivity contribution in [3.8, 4) is 11.5 Å². The van der Waals surface area contributed by atoms with Gasteiger partial charge in [0.25, 0.3) is 0 Å². The molecule has 2 aliphatic heterocycles. The molecule has 3 heterocycles. The zero-order valence-corrected chi connectivity index (χ0v) is 29.9. The molecule has 3 aromatic rings. The van der Waals surface area contributed by atoms with E-state index in [1.807, 2.05) is 0 Å². The highest BCUT2D eigenvalue weighted by Crippen LogP contribution is 2.40. The van der Waals surface area contributed by atoms with E-state index in [-0.39, 0.29) is 0 Å². The number of ether oxygens (including phenoxy) is 2. The van der Waals surface area contributed by atoms with E-state index >= 15 is 0 Å². The Kier molecular flexibility index (Phi) is 10.8. The molecule has 14 heteroatoms. The van der Waals surface area contributed by atoms with Gasteiger partial charge in [0.2, 0.25) is 16.0 Å². The third kappa shape index (κ3) is 7.62. The molecular weight excluding hydrogens is 672 g/mol. The largest absolute Gasteiger partial charge is 0.494 e. The van der Waals surface area contributed by atoms with E-state index in [0.29, 0.717) is 45.2 Å². The molecule has 250 valence electrons. The molecule has 12 nitrogen and oxygen atoms in total. The van der Waals surface area contributed by atoms with Crippen molar-refractivity contribution < 1.29 is 17.9 Å². The lowest BCUT2D eigenvalue weighted by Crippen LogP contribution is -2.52. The predicted octanol–water partition coefficient (Wildman–Crippen LogP) is 4.92. The average molecular weight is 718 g/mol. The molecule has 2 N–H and O–H groups in total. The Bertz CT molecular complexity index is 1630. The number of aromatic nitrogens is 2. The van der Waals surface area contributed by atoms with Crippen LogP contribution in [0.4, 0.5) is 34.5 Å². The van der Waals surface area contributed by atoms with Crippen molar-refractivity contribution in [2.24, 2.45) is 0 Å². The number of benzene rings is 2. The van der Waals surface area contributed by atoms with Crippen LogP contribution in [0.25, 0.3) is 0 Å². The number of methoxy groups -OCH3 is 2. The number of likely N-dealkylation sites (N-methyl/N-ethyl adjacent to an activating group) is 1. The van der Waals surface area contributed by atoms with Gasteiger partial charge in [-0.2, -0.15) is 4.98 Å². The second-order valence-corrected chi connectivity index (χ2v) is 14.7. The van der Waals surface area contributed by atoms with Crippen LogP contribution in [0.1, 0.15) is 25.3 Å². The molecule has 46 heavy (non-hydrogen) atoms. The summed E-state index contributed by atoms with van der Waals surface area (Å²) in [5.74, 6) is 1.91. The first kappa shape index (κ1) is 34.0. The van der Waals surface area contributed by atoms with E-state index in [1.54, 1.807) is 31.5 Å². The van der Waals surface area contributed by atoms with Gasteiger partial charge in [0.1, 0.15) is 23.0 Å². The summed E-state index contributed by atoms with van der Waals surface area (Å²) in [6.45, 7) is 8.81. The van der Waals surface area contributed by atoms with Gasteiger partial charge in [-0.05, 0) is 66.0 Å². The van der Waals surface area contributed by atoms with Gasteiger partial charge in [0.05, 0.1) is 36.3 Å². The number of nitrogens with one attached hydrogen (secondary N) is 2. The standard InChI is InChI=1S/C32H45BrN8O4S/c1-7-22-19-26(29(45-5)20-27(22)41-13-11-23(12-14-41)40-17-15-38(2)16-18-40)36-32-34-21-24(33)31(37-32)35-25-9-8-10-28(44-4)30(25)39(3)46(6,42)43/h8-10,19-21,23H,7,11-18H2,1-6H3,(H2,34,35,36,37). The molecule has 0 spiro atoms. The highest BCUT2D eigenvalue weighted by molar-refractivity contribution is 9.10. The number of sulfonamides is 1. The van der Waals surface area contributed by atoms with Crippen LogP contribution in [-0.4, -0.2) is 108 Å². The third-order valence-corrected chi connectivity index (χ3v) is 10.7. The van der Waals surface area contributed by atoms with E-state index in [2.05, 4.69) is 72.4 Å². The fourth-order valence-corrected chi connectivity index (χ4v) is 6.97. The molecule has 2 aromatic carbocycles. The summed E-state index contributed by atoms with van der Waals surface area (Å²) in [5, 5.41) is 6.61. The molecule has 0 aliphatic carbocycles. The number of hydrogen-bond acceptors (Lipinski definition) is 11. The van der Waals surface area contributed by atoms with E-state index in [9.17, 15) is 8.42 Å². The maximum Gasteiger partial charge on any atom is 0.232 e. The summed E-state index contributed by atoms with van der Waals surface area (Å²) in [7, 11) is 3.30. The Balaban J connectivity index is 1.36. The van der Waals surface area contributed by atoms with Gasteiger partial charge in [0, 0.05) is 70.3 Å². The van der Waals surface area contributed by atoms with Gasteiger partial charge < -0.3 is 29.9 Å². The average Bonchev–Trinajstić information content (AvgIpc) is 3.05. The van der Waals surface area contributed by atoms with Crippen LogP contribution in [0.3, 0.4) is 0 Å². The van der Waals surface area contributed by atoms with Crippen molar-refractivity contribution in [3.05, 3.63) is 46.6 Å². The maximum atomic E-state index is 12.4. The van der Waals surface area contributed by atoms with Crippen molar-refractivity contribution in [2.75, 3.05) is 93.7 Å². The summed E-state index contributed by atoms with van der Waals surface area (Å²) < 4.78 is 38.0. The van der Waals surface area contributed by atoms with Gasteiger partial charge in [0.15, 0.2) is 0 Å². The van der Waals surface area contributed by atoms with Crippen LogP contribution in [0.2, 0.25) is 0 Å². The molecule has 2 aliphatic rings. The Labute approximate surface area is 281 Å². The molecular formula is C32H45BrN8O4S. The molecule has 0 saturated carbocycles. The number of piperazine rings is 1. The SMILES string of the molecule is CCc1cc(Nc2ncc(Br)c(Nc3cccc(OC)c3N(C)S(C)(=O)=O)n2)c(OC)cc1N1CCC(N2CCN(C)CC2)CC1. The van der Waals surface area contributed by atoms with Crippen molar-refractivity contribution in [3.63, 3.8) is 0 Å². The maximum absolute atomic E-state index is 12.4. The van der Waals surface area contributed by atoms with E-state index in [0.717, 1.165) is 70.5 Å². The Morgan fingerprint density at radius 3 is 2.33 bits per heavy atom. The van der Waals surface area contributed by atoms with Crippen LogP contribution in [0.5, 0.6) is 11.5 Å². The summed E-state index contributed by atoms with van der Waals surface area (Å²) in [4.78, 5) is 16.8. The Morgan fingerprint density at radius 2 is 1.70 bits per heavy atom. The Hall–Kier alpha value is -3.33. The summed E-state index contributed by atoms with van der Waals surface area (Å²) in [6.07, 6.45) is 5.97. The topological polar surface area (TPSA) is 115 Å². The molecule has 0 amide bonds. The molecule has 0 bridgehead atoms. The number of rotatable bonds is 11. The van der Waals surface area contributed by atoms with Crippen LogP contribution in [-0.2, 0) is 16.4 Å². The third-order valence-electron chi connectivity index (χ3n) is 8.92. The van der Waals surface area contributed by atoms with Crippen LogP contribution in [0.15, 0.2) is 41.0 Å². The number of halogens is 1. The van der Waals surface area contributed by atoms with Gasteiger partial charge in [-0.15, -0.1) is 0 Å². The Morgan fingerprint density at radius 1 is 1.00 bits per heavy atom. The smallest absolute Gasteiger partial charge is 0.232 e. The lowest BCUT2D eigenvalue weighted by molar-refractivity contribution is 0.0982. The number of nitrogens with zero attached hydrogens (tertiary/aromatic N) is 6. The molecule has 5 rings (SSSR count). The minimum Gasteiger partial charge on any atom is -0.494 e. The molecule has 1 aromatic heterocycles. The second-order valence-electron chi connectivity index (χ2n) is 11.8. The fourth-order valence-electron chi connectivity index (χ4n) is 6.16. The number of hydrogen-bond donors (Lipinski definition) is 2. The first-order valence-electron chi connectivity index (χ1n) is 15.6. The molecule has 0 atom stereocenters. The van der Waals surface area contributed by atoms with Crippen molar-refractivity contribution in [2.45, 2.75) is 32.2 Å². The molecule has 0 radical (unpaired) electrons. The molecule has 0 unspecified atom stereocenters. The summed E-state index contributed by atoms with van der Waals surface area (Å²) >= 11 is 3.53. The van der Waals surface area contributed by atoms with Crippen LogP contribution >= 0.6 is 15.9 Å².